The molecule has 61 valence electrons. The Morgan fingerprint density at radius 1 is 0.600 bits per heavy atom. The molecule has 0 rings (SSSR count). The normalized spacial score (nSPS) is 7.20. The van der Waals surface area contributed by atoms with Crippen molar-refractivity contribution in [1.29, 1.82) is 0 Å². The van der Waals surface area contributed by atoms with Crippen molar-refractivity contribution in [2.24, 2.45) is 0 Å². The zero-order chi connectivity index (χ0) is 7.15. The minimum Gasteiger partial charge on any atom is -0.412 e. The third-order valence-electron chi connectivity index (χ3n) is 0. The topological polar surface area (TPSA) is 153 Å². The van der Waals surface area contributed by atoms with E-state index >= 15 is 0 Å². The minimum absolute atomic E-state index is 0. The van der Waals surface area contributed by atoms with Gasteiger partial charge in [0.15, 0.2) is 0 Å². The molecule has 10 heavy (non-hydrogen) atoms. The summed E-state index contributed by atoms with van der Waals surface area (Å²) in [6.45, 7) is 0. The number of rotatable bonds is 0. The summed E-state index contributed by atoms with van der Waals surface area (Å²) in [5, 5.41) is 0. The zero-order valence-corrected chi connectivity index (χ0v) is 8.87. The maximum absolute atomic E-state index is 7.23. The second-order valence-electron chi connectivity index (χ2n) is 0.537. The summed E-state index contributed by atoms with van der Waals surface area (Å²) in [5.41, 5.74) is 0. The maximum atomic E-state index is 7.23. The van der Waals surface area contributed by atoms with Crippen LogP contribution in [-0.2, 0) is 0 Å². The molecule has 7 nitrogen and oxygen atoms in total. The molecule has 0 aliphatic rings. The minimum atomic E-state index is -2.62. The van der Waals surface area contributed by atoms with Gasteiger partial charge >= 0.3 is 17.2 Å². The van der Waals surface area contributed by atoms with Crippen molar-refractivity contribution < 1.29 is 34.8 Å². The summed E-state index contributed by atoms with van der Waals surface area (Å²) >= 11 is 0. The molecule has 0 aliphatic heterocycles. The second kappa shape index (κ2) is 16.9. The van der Waals surface area contributed by atoms with Crippen LogP contribution in [-0.4, -0.2) is 64.4 Å². The molecule has 0 fully saturated rings. The Morgan fingerprint density at radius 2 is 0.600 bits per heavy atom. The van der Waals surface area contributed by atoms with E-state index in [9.17, 15) is 0 Å². The van der Waals surface area contributed by atoms with Gasteiger partial charge in [0.25, 0.3) is 0 Å². The van der Waals surface area contributed by atoms with E-state index in [-0.39, 0.29) is 35.0 Å². The molecule has 0 unspecified atom stereocenters. The first-order chi connectivity index (χ1) is 3.46. The quantitative estimate of drug-likeness (QED) is 0.185. The molecule has 0 heterocycles. The predicted molar refractivity (Wildman–Crippen MR) is 36.5 cm³/mol. The van der Waals surface area contributed by atoms with Gasteiger partial charge in [-0.25, -0.2) is 0 Å². The first-order valence-electron chi connectivity index (χ1n) is 1.20. The Labute approximate surface area is 81.6 Å². The van der Waals surface area contributed by atoms with Crippen LogP contribution in [0.15, 0.2) is 0 Å². The van der Waals surface area contributed by atoms with E-state index in [1.54, 1.807) is 0 Å². The van der Waals surface area contributed by atoms with Crippen molar-refractivity contribution >= 4 is 46.8 Å². The Hall–Kier alpha value is 1.58. The molecule has 1 radical (unpaired) electrons. The van der Waals surface area contributed by atoms with Crippen molar-refractivity contribution in [3.05, 3.63) is 0 Å². The van der Waals surface area contributed by atoms with E-state index in [0.717, 1.165) is 0 Å². The van der Waals surface area contributed by atoms with Crippen molar-refractivity contribution in [1.82, 2.24) is 0 Å². The SMILES string of the molecule is O.OP(O)O.OP(O)O.[Na]. The first kappa shape index (κ1) is 22.6. The summed E-state index contributed by atoms with van der Waals surface area (Å²) in [4.78, 5) is 43.4. The summed E-state index contributed by atoms with van der Waals surface area (Å²) < 4.78 is 0. The number of hydrogen-bond acceptors (Lipinski definition) is 6. The zero-order valence-electron chi connectivity index (χ0n) is 5.08. The Balaban J connectivity index is -0.0000000300. The Kier molecular flexibility index (Phi) is 38.1. The third kappa shape index (κ3) is 283. The molecule has 8 N–H and O–H groups in total. The molecule has 0 aromatic rings. The molecule has 0 spiro atoms. The van der Waals surface area contributed by atoms with Crippen LogP contribution in [0, 0.1) is 0 Å². The van der Waals surface area contributed by atoms with Gasteiger partial charge in [-0.1, -0.05) is 0 Å². The van der Waals surface area contributed by atoms with Gasteiger partial charge in [-0.3, -0.25) is 0 Å². The van der Waals surface area contributed by atoms with E-state index in [2.05, 4.69) is 0 Å². The summed E-state index contributed by atoms with van der Waals surface area (Å²) in [5.74, 6) is 0. The van der Waals surface area contributed by atoms with Gasteiger partial charge in [0, 0.05) is 29.6 Å². The molecular weight excluding hydrogens is 197 g/mol. The molecule has 0 aromatic carbocycles. The monoisotopic (exact) mass is 205 g/mol. The van der Waals surface area contributed by atoms with Crippen LogP contribution in [0.25, 0.3) is 0 Å². The maximum Gasteiger partial charge on any atom is 0.324 e. The van der Waals surface area contributed by atoms with Gasteiger partial charge < -0.3 is 34.8 Å². The summed E-state index contributed by atoms with van der Waals surface area (Å²) in [7, 11) is -5.24. The van der Waals surface area contributed by atoms with E-state index in [4.69, 9.17) is 29.4 Å². The van der Waals surface area contributed by atoms with Crippen molar-refractivity contribution in [2.75, 3.05) is 0 Å². The van der Waals surface area contributed by atoms with Gasteiger partial charge in [-0.2, -0.15) is 0 Å². The predicted octanol–water partition coefficient (Wildman–Crippen LogP) is -2.83. The van der Waals surface area contributed by atoms with Crippen molar-refractivity contribution in [3.63, 3.8) is 0 Å². The summed E-state index contributed by atoms with van der Waals surface area (Å²) in [6.07, 6.45) is 0. The Morgan fingerprint density at radius 3 is 0.600 bits per heavy atom. The molecule has 0 aromatic heterocycles. The average Bonchev–Trinajstić information content (AvgIpc) is 1.25. The average molecular weight is 205 g/mol. The molecule has 10 heteroatoms. The van der Waals surface area contributed by atoms with Crippen molar-refractivity contribution in [3.8, 4) is 0 Å². The molecule has 0 amide bonds. The van der Waals surface area contributed by atoms with Crippen LogP contribution in [0.4, 0.5) is 0 Å². The fourth-order valence-electron chi connectivity index (χ4n) is 0. The van der Waals surface area contributed by atoms with Gasteiger partial charge in [0.2, 0.25) is 0 Å². The fraction of sp³-hybridized carbons (Fsp3) is 0. The fourth-order valence-corrected chi connectivity index (χ4v) is 0. The van der Waals surface area contributed by atoms with Crippen LogP contribution in [0.3, 0.4) is 0 Å². The van der Waals surface area contributed by atoms with Crippen molar-refractivity contribution in [2.45, 2.75) is 0 Å². The smallest absolute Gasteiger partial charge is 0.324 e. The largest absolute Gasteiger partial charge is 0.412 e. The van der Waals surface area contributed by atoms with Gasteiger partial charge in [-0.15, -0.1) is 0 Å². The van der Waals surface area contributed by atoms with Crippen LogP contribution in [0.1, 0.15) is 0 Å². The van der Waals surface area contributed by atoms with Gasteiger partial charge in [0.05, 0.1) is 0 Å². The van der Waals surface area contributed by atoms with Gasteiger partial charge in [0.1, 0.15) is 0 Å². The number of hydrogen-bond donors (Lipinski definition) is 6. The van der Waals surface area contributed by atoms with E-state index in [0.29, 0.717) is 0 Å². The van der Waals surface area contributed by atoms with E-state index < -0.39 is 17.2 Å². The Bertz CT molecular complexity index is 27.1. The molecule has 0 bridgehead atoms. The first-order valence-corrected chi connectivity index (χ1v) is 3.60. The second-order valence-corrected chi connectivity index (χ2v) is 1.61. The molecule has 0 saturated heterocycles. The van der Waals surface area contributed by atoms with Crippen LogP contribution in [0.2, 0.25) is 0 Å². The third-order valence-corrected chi connectivity index (χ3v) is 0. The molecule has 0 atom stereocenters. The molecule has 0 aliphatic carbocycles. The van der Waals surface area contributed by atoms with E-state index in [1.807, 2.05) is 0 Å². The summed E-state index contributed by atoms with van der Waals surface area (Å²) in [6, 6.07) is 0. The van der Waals surface area contributed by atoms with Gasteiger partial charge in [-0.05, 0) is 0 Å². The van der Waals surface area contributed by atoms with Crippen LogP contribution >= 0.6 is 17.2 Å². The standard InChI is InChI=1S/Na.2H3O3P.H2O/c;2*1-4(2)3;/h;2*1-3H;1H2. The van der Waals surface area contributed by atoms with Crippen LogP contribution in [0.5, 0.6) is 0 Å². The van der Waals surface area contributed by atoms with Crippen LogP contribution < -0.4 is 0 Å². The molecular formula is H8NaO7P2. The molecule has 0 saturated carbocycles. The van der Waals surface area contributed by atoms with E-state index in [1.165, 1.54) is 0 Å².